The Balaban J connectivity index is 1.38. The number of carbonyl (C=O) groups excluding carboxylic acids is 1. The molecule has 0 saturated heterocycles. The number of amides is 1. The van der Waals surface area contributed by atoms with Gasteiger partial charge in [0.25, 0.3) is 5.91 Å². The predicted octanol–water partition coefficient (Wildman–Crippen LogP) is 2.47. The molecule has 0 aliphatic carbocycles. The molecule has 0 unspecified atom stereocenters. The number of aromatic nitrogens is 2. The zero-order chi connectivity index (χ0) is 17.9. The molecule has 0 fully saturated rings. The Kier molecular flexibility index (Phi) is 4.27. The lowest BCUT2D eigenvalue weighted by Gasteiger charge is -2.25. The van der Waals surface area contributed by atoms with Gasteiger partial charge in [-0.2, -0.15) is 0 Å². The maximum Gasteiger partial charge on any atom is 0.264 e. The number of nitrogens with one attached hydrogen (secondary N) is 1. The van der Waals surface area contributed by atoms with Gasteiger partial charge in [0.2, 0.25) is 6.10 Å². The van der Waals surface area contributed by atoms with Crippen LogP contribution in [0.25, 0.3) is 5.69 Å². The third-order valence-electron chi connectivity index (χ3n) is 4.06. The van der Waals surface area contributed by atoms with Gasteiger partial charge in [0, 0.05) is 18.9 Å². The molecule has 1 aliphatic heterocycles. The third kappa shape index (κ3) is 3.23. The van der Waals surface area contributed by atoms with E-state index in [2.05, 4.69) is 10.3 Å². The van der Waals surface area contributed by atoms with E-state index in [1.807, 2.05) is 12.1 Å². The van der Waals surface area contributed by atoms with Crippen molar-refractivity contribution in [2.75, 3.05) is 6.61 Å². The summed E-state index contributed by atoms with van der Waals surface area (Å²) < 4.78 is 27.0. The van der Waals surface area contributed by atoms with Gasteiger partial charge < -0.3 is 19.4 Å². The van der Waals surface area contributed by atoms with Crippen LogP contribution in [-0.4, -0.2) is 28.2 Å². The molecule has 1 N–H and O–H groups in total. The van der Waals surface area contributed by atoms with E-state index in [-0.39, 0.29) is 24.9 Å². The SMILES string of the molecule is O=C(NCc1ccc(-n2ccnc2)c(F)c1)[C@H]1COc2ccccc2O1. The first-order valence-electron chi connectivity index (χ1n) is 8.13. The first kappa shape index (κ1) is 16.1. The van der Waals surface area contributed by atoms with Gasteiger partial charge in [-0.05, 0) is 29.8 Å². The molecule has 0 spiro atoms. The normalized spacial score (nSPS) is 15.5. The third-order valence-corrected chi connectivity index (χ3v) is 4.06. The molecule has 0 saturated carbocycles. The second-order valence-corrected chi connectivity index (χ2v) is 5.84. The number of benzene rings is 2. The Bertz CT molecular complexity index is 928. The molecule has 4 rings (SSSR count). The number of para-hydroxylation sites is 2. The Labute approximate surface area is 149 Å². The molecule has 7 heteroatoms. The maximum absolute atomic E-state index is 14.3. The lowest BCUT2D eigenvalue weighted by molar-refractivity contribution is -0.130. The molecule has 3 aromatic rings. The molecule has 2 aromatic carbocycles. The van der Waals surface area contributed by atoms with E-state index in [0.717, 1.165) is 0 Å². The van der Waals surface area contributed by atoms with Crippen molar-refractivity contribution in [3.8, 4) is 17.2 Å². The molecule has 0 radical (unpaired) electrons. The zero-order valence-electron chi connectivity index (χ0n) is 13.8. The molecule has 132 valence electrons. The summed E-state index contributed by atoms with van der Waals surface area (Å²) in [7, 11) is 0. The Morgan fingerprint density at radius 3 is 2.88 bits per heavy atom. The van der Waals surface area contributed by atoms with Gasteiger partial charge in [0.05, 0.1) is 12.0 Å². The Morgan fingerprint density at radius 2 is 2.12 bits per heavy atom. The van der Waals surface area contributed by atoms with Gasteiger partial charge in [-0.1, -0.05) is 18.2 Å². The maximum atomic E-state index is 14.3. The van der Waals surface area contributed by atoms with E-state index in [1.54, 1.807) is 41.2 Å². The van der Waals surface area contributed by atoms with Gasteiger partial charge in [0.1, 0.15) is 12.4 Å². The van der Waals surface area contributed by atoms with Crippen LogP contribution in [0.4, 0.5) is 4.39 Å². The van der Waals surface area contributed by atoms with E-state index in [9.17, 15) is 9.18 Å². The first-order chi connectivity index (χ1) is 12.7. The largest absolute Gasteiger partial charge is 0.485 e. The van der Waals surface area contributed by atoms with E-state index < -0.39 is 6.10 Å². The fourth-order valence-corrected chi connectivity index (χ4v) is 2.72. The summed E-state index contributed by atoms with van der Waals surface area (Å²) >= 11 is 0. The topological polar surface area (TPSA) is 65.4 Å². The highest BCUT2D eigenvalue weighted by Crippen LogP contribution is 2.30. The average Bonchev–Trinajstić information content (AvgIpc) is 3.20. The Morgan fingerprint density at radius 1 is 1.27 bits per heavy atom. The number of hydrogen-bond donors (Lipinski definition) is 1. The lowest BCUT2D eigenvalue weighted by Crippen LogP contribution is -2.43. The summed E-state index contributed by atoms with van der Waals surface area (Å²) in [5, 5.41) is 2.75. The quantitative estimate of drug-likeness (QED) is 0.783. The number of nitrogens with zero attached hydrogens (tertiary/aromatic N) is 2. The standard InChI is InChI=1S/C19H16FN3O3/c20-14-9-13(5-6-15(14)23-8-7-21-12-23)10-22-19(24)18-11-25-16-3-1-2-4-17(16)26-18/h1-9,12,18H,10-11H2,(H,22,24)/t18-/m1/s1. The molecule has 6 nitrogen and oxygen atoms in total. The number of carbonyl (C=O) groups is 1. The van der Waals surface area contributed by atoms with Crippen LogP contribution >= 0.6 is 0 Å². The molecule has 1 amide bonds. The molecule has 1 aliphatic rings. The van der Waals surface area contributed by atoms with Crippen molar-refractivity contribution in [3.05, 3.63) is 72.6 Å². The second-order valence-electron chi connectivity index (χ2n) is 5.84. The summed E-state index contributed by atoms with van der Waals surface area (Å²) in [5.41, 5.74) is 1.05. The predicted molar refractivity (Wildman–Crippen MR) is 91.7 cm³/mol. The number of hydrogen-bond acceptors (Lipinski definition) is 4. The minimum atomic E-state index is -0.736. The highest BCUT2D eigenvalue weighted by atomic mass is 19.1. The van der Waals surface area contributed by atoms with E-state index in [4.69, 9.17) is 9.47 Å². The lowest BCUT2D eigenvalue weighted by atomic mass is 10.2. The van der Waals surface area contributed by atoms with Crippen molar-refractivity contribution in [1.82, 2.24) is 14.9 Å². The average molecular weight is 353 g/mol. The molecule has 1 aromatic heterocycles. The van der Waals surface area contributed by atoms with Crippen LogP contribution in [0.2, 0.25) is 0 Å². The molecule has 1 atom stereocenters. The van der Waals surface area contributed by atoms with Crippen LogP contribution in [0.3, 0.4) is 0 Å². The van der Waals surface area contributed by atoms with Crippen LogP contribution < -0.4 is 14.8 Å². The van der Waals surface area contributed by atoms with Crippen LogP contribution in [0.1, 0.15) is 5.56 Å². The zero-order valence-corrected chi connectivity index (χ0v) is 13.8. The molecule has 0 bridgehead atoms. The van der Waals surface area contributed by atoms with Crippen molar-refractivity contribution in [2.24, 2.45) is 0 Å². The van der Waals surface area contributed by atoms with Crippen molar-refractivity contribution in [3.63, 3.8) is 0 Å². The summed E-state index contributed by atoms with van der Waals surface area (Å²) in [4.78, 5) is 16.2. The van der Waals surface area contributed by atoms with Gasteiger partial charge in [0.15, 0.2) is 11.5 Å². The number of halogens is 1. The first-order valence-corrected chi connectivity index (χ1v) is 8.13. The summed E-state index contributed by atoms with van der Waals surface area (Å²) in [6.07, 6.45) is 4.04. The van der Waals surface area contributed by atoms with Crippen LogP contribution in [0.15, 0.2) is 61.2 Å². The highest BCUT2D eigenvalue weighted by molar-refractivity contribution is 5.81. The van der Waals surface area contributed by atoms with E-state index >= 15 is 0 Å². The molecular formula is C19H16FN3O3. The minimum absolute atomic E-state index is 0.136. The van der Waals surface area contributed by atoms with Crippen LogP contribution in [0, 0.1) is 5.82 Å². The van der Waals surface area contributed by atoms with Crippen molar-refractivity contribution in [1.29, 1.82) is 0 Å². The van der Waals surface area contributed by atoms with Crippen LogP contribution in [-0.2, 0) is 11.3 Å². The Hall–Kier alpha value is -3.35. The monoisotopic (exact) mass is 353 g/mol. The van der Waals surface area contributed by atoms with E-state index in [1.165, 1.54) is 12.4 Å². The van der Waals surface area contributed by atoms with Gasteiger partial charge in [-0.3, -0.25) is 4.79 Å². The molecule has 26 heavy (non-hydrogen) atoms. The number of fused-ring (bicyclic) bond motifs is 1. The van der Waals surface area contributed by atoms with Crippen molar-refractivity contribution >= 4 is 5.91 Å². The fourth-order valence-electron chi connectivity index (χ4n) is 2.72. The smallest absolute Gasteiger partial charge is 0.264 e. The number of imidazole rings is 1. The second kappa shape index (κ2) is 6.87. The van der Waals surface area contributed by atoms with Gasteiger partial charge in [-0.15, -0.1) is 0 Å². The number of rotatable bonds is 4. The fraction of sp³-hybridized carbons (Fsp3) is 0.158. The van der Waals surface area contributed by atoms with Gasteiger partial charge >= 0.3 is 0 Å². The summed E-state index contributed by atoms with van der Waals surface area (Å²) in [6, 6.07) is 12.0. The minimum Gasteiger partial charge on any atom is -0.485 e. The summed E-state index contributed by atoms with van der Waals surface area (Å²) in [6.45, 7) is 0.332. The van der Waals surface area contributed by atoms with Crippen molar-refractivity contribution in [2.45, 2.75) is 12.6 Å². The van der Waals surface area contributed by atoms with Crippen LogP contribution in [0.5, 0.6) is 11.5 Å². The van der Waals surface area contributed by atoms with Gasteiger partial charge in [-0.25, -0.2) is 9.37 Å². The van der Waals surface area contributed by atoms with E-state index in [0.29, 0.717) is 22.7 Å². The number of ether oxygens (including phenoxy) is 2. The van der Waals surface area contributed by atoms with Crippen molar-refractivity contribution < 1.29 is 18.7 Å². The molecular weight excluding hydrogens is 337 g/mol. The molecule has 2 heterocycles. The summed E-state index contributed by atoms with van der Waals surface area (Å²) in [5.74, 6) is 0.461. The highest BCUT2D eigenvalue weighted by Gasteiger charge is 2.26.